The molecule has 3 fully saturated rings. The van der Waals surface area contributed by atoms with E-state index in [0.717, 1.165) is 24.7 Å². The fourth-order valence-corrected chi connectivity index (χ4v) is 3.37. The van der Waals surface area contributed by atoms with Crippen molar-refractivity contribution in [3.63, 3.8) is 0 Å². The van der Waals surface area contributed by atoms with Gasteiger partial charge in [0.2, 0.25) is 0 Å². The number of Topliss-reactive ketones (excluding diaryl/α,β-unsaturated/α-hetero) is 1. The number of ketones is 1. The number of carbonyl (C=O) groups excluding carboxylic acids is 1. The number of nitrogens with one attached hydrogen (secondary N) is 1. The molecule has 2 N–H and O–H groups in total. The third-order valence-electron chi connectivity index (χ3n) is 4.62. The minimum absolute atomic E-state index is 0.106. The van der Waals surface area contributed by atoms with Gasteiger partial charge >= 0.3 is 6.09 Å². The van der Waals surface area contributed by atoms with Crippen LogP contribution in [0.2, 0.25) is 0 Å². The molecule has 5 atom stereocenters. The summed E-state index contributed by atoms with van der Waals surface area (Å²) >= 11 is 0. The quantitative estimate of drug-likeness (QED) is 0.726. The Labute approximate surface area is 106 Å². The highest BCUT2D eigenvalue weighted by Crippen LogP contribution is 2.55. The summed E-state index contributed by atoms with van der Waals surface area (Å²) in [4.78, 5) is 23.0. The first-order valence-corrected chi connectivity index (χ1v) is 6.65. The molecule has 5 heteroatoms. The molecule has 3 aliphatic rings. The van der Waals surface area contributed by atoms with E-state index in [1.165, 1.54) is 6.42 Å². The van der Waals surface area contributed by atoms with Gasteiger partial charge in [-0.15, -0.1) is 0 Å². The van der Waals surface area contributed by atoms with Gasteiger partial charge in [0.25, 0.3) is 0 Å². The minimum Gasteiger partial charge on any atom is -0.465 e. The van der Waals surface area contributed by atoms with Crippen LogP contribution in [0.15, 0.2) is 0 Å². The van der Waals surface area contributed by atoms with Crippen molar-refractivity contribution < 1.29 is 19.4 Å². The Kier molecular flexibility index (Phi) is 2.62. The van der Waals surface area contributed by atoms with Crippen LogP contribution in [0.1, 0.15) is 32.6 Å². The number of carboxylic acid groups (broad SMARTS) is 1. The monoisotopic (exact) mass is 253 g/mol. The summed E-state index contributed by atoms with van der Waals surface area (Å²) in [5.74, 6) is 2.09. The summed E-state index contributed by atoms with van der Waals surface area (Å²) in [5.41, 5.74) is -0.741. The SMILES string of the molecule is C[C@]1(C(=O)[C@@H](CC2C[C@@H]3C[C@@H]3C2)NC(=O)O)CO1. The van der Waals surface area contributed by atoms with Gasteiger partial charge in [-0.1, -0.05) is 0 Å². The highest BCUT2D eigenvalue weighted by atomic mass is 16.6. The van der Waals surface area contributed by atoms with E-state index in [1.54, 1.807) is 6.92 Å². The molecule has 5 nitrogen and oxygen atoms in total. The molecule has 0 bridgehead atoms. The van der Waals surface area contributed by atoms with E-state index >= 15 is 0 Å². The van der Waals surface area contributed by atoms with Gasteiger partial charge in [-0.2, -0.15) is 0 Å². The Morgan fingerprint density at radius 1 is 1.39 bits per heavy atom. The smallest absolute Gasteiger partial charge is 0.405 e. The Morgan fingerprint density at radius 2 is 2.00 bits per heavy atom. The molecule has 1 amide bonds. The van der Waals surface area contributed by atoms with E-state index in [1.807, 2.05) is 0 Å². The van der Waals surface area contributed by atoms with Crippen LogP contribution in [0.3, 0.4) is 0 Å². The molecule has 0 radical (unpaired) electrons. The Morgan fingerprint density at radius 3 is 2.50 bits per heavy atom. The molecular weight excluding hydrogens is 234 g/mol. The molecule has 2 aliphatic carbocycles. The largest absolute Gasteiger partial charge is 0.465 e. The Balaban J connectivity index is 1.61. The maximum absolute atomic E-state index is 12.2. The van der Waals surface area contributed by atoms with Crippen LogP contribution in [-0.4, -0.2) is 35.2 Å². The third kappa shape index (κ3) is 2.23. The van der Waals surface area contributed by atoms with Gasteiger partial charge in [0.1, 0.15) is 5.60 Å². The molecule has 0 aromatic heterocycles. The first-order chi connectivity index (χ1) is 8.48. The van der Waals surface area contributed by atoms with Gasteiger partial charge in [0.05, 0.1) is 12.6 Å². The van der Waals surface area contributed by atoms with Gasteiger partial charge < -0.3 is 15.2 Å². The van der Waals surface area contributed by atoms with E-state index < -0.39 is 17.7 Å². The topological polar surface area (TPSA) is 78.9 Å². The fraction of sp³-hybridized carbons (Fsp3) is 0.846. The second-order valence-electron chi connectivity index (χ2n) is 6.21. The van der Waals surface area contributed by atoms with Crippen molar-refractivity contribution in [2.24, 2.45) is 17.8 Å². The van der Waals surface area contributed by atoms with Gasteiger partial charge in [0.15, 0.2) is 5.78 Å². The van der Waals surface area contributed by atoms with Gasteiger partial charge in [-0.25, -0.2) is 4.79 Å². The number of epoxide rings is 1. The van der Waals surface area contributed by atoms with Crippen LogP contribution >= 0.6 is 0 Å². The van der Waals surface area contributed by atoms with Crippen molar-refractivity contribution in [1.82, 2.24) is 5.32 Å². The van der Waals surface area contributed by atoms with Crippen LogP contribution in [-0.2, 0) is 9.53 Å². The summed E-state index contributed by atoms with van der Waals surface area (Å²) < 4.78 is 5.13. The average molecular weight is 253 g/mol. The second kappa shape index (κ2) is 3.95. The lowest BCUT2D eigenvalue weighted by Gasteiger charge is -2.21. The number of hydrogen-bond donors (Lipinski definition) is 2. The lowest BCUT2D eigenvalue weighted by atomic mass is 9.89. The zero-order chi connectivity index (χ0) is 12.9. The lowest BCUT2D eigenvalue weighted by Crippen LogP contribution is -2.46. The van der Waals surface area contributed by atoms with Crippen molar-refractivity contribution in [1.29, 1.82) is 0 Å². The number of ether oxygens (including phenoxy) is 1. The van der Waals surface area contributed by atoms with Crippen molar-refractivity contribution in [3.05, 3.63) is 0 Å². The van der Waals surface area contributed by atoms with E-state index in [4.69, 9.17) is 9.84 Å². The predicted octanol–water partition coefficient (Wildman–Crippen LogP) is 1.42. The first kappa shape index (κ1) is 12.0. The maximum Gasteiger partial charge on any atom is 0.405 e. The Bertz CT molecular complexity index is 380. The molecule has 18 heavy (non-hydrogen) atoms. The lowest BCUT2D eigenvalue weighted by molar-refractivity contribution is -0.126. The fourth-order valence-electron chi connectivity index (χ4n) is 3.37. The van der Waals surface area contributed by atoms with Gasteiger partial charge in [-0.3, -0.25) is 4.79 Å². The highest BCUT2D eigenvalue weighted by Gasteiger charge is 2.52. The molecule has 2 saturated carbocycles. The van der Waals surface area contributed by atoms with Crippen molar-refractivity contribution in [2.45, 2.75) is 44.2 Å². The summed E-state index contributed by atoms with van der Waals surface area (Å²) in [7, 11) is 0. The van der Waals surface area contributed by atoms with Crippen LogP contribution in [0.25, 0.3) is 0 Å². The van der Waals surface area contributed by atoms with Gasteiger partial charge in [0, 0.05) is 0 Å². The average Bonchev–Trinajstić information content (AvgIpc) is 3.18. The molecule has 1 heterocycles. The third-order valence-corrected chi connectivity index (χ3v) is 4.62. The molecule has 0 aromatic rings. The van der Waals surface area contributed by atoms with E-state index in [-0.39, 0.29) is 5.78 Å². The number of amides is 1. The maximum atomic E-state index is 12.2. The van der Waals surface area contributed by atoms with Crippen LogP contribution in [0.4, 0.5) is 4.79 Å². The molecular formula is C13H19NO4. The molecule has 1 saturated heterocycles. The highest BCUT2D eigenvalue weighted by molar-refractivity contribution is 5.95. The number of rotatable bonds is 5. The van der Waals surface area contributed by atoms with Crippen molar-refractivity contribution in [3.8, 4) is 0 Å². The van der Waals surface area contributed by atoms with Crippen molar-refractivity contribution >= 4 is 11.9 Å². The van der Waals surface area contributed by atoms with Crippen LogP contribution < -0.4 is 5.32 Å². The number of fused-ring (bicyclic) bond motifs is 1. The summed E-state index contributed by atoms with van der Waals surface area (Å²) in [6.07, 6.45) is 3.17. The molecule has 100 valence electrons. The number of carbonyl (C=O) groups is 2. The summed E-state index contributed by atoms with van der Waals surface area (Å²) in [5, 5.41) is 11.2. The summed E-state index contributed by atoms with van der Waals surface area (Å²) in [6, 6.07) is -0.600. The molecule has 3 rings (SSSR count). The van der Waals surface area contributed by atoms with E-state index in [0.29, 0.717) is 18.9 Å². The molecule has 0 spiro atoms. The first-order valence-electron chi connectivity index (χ1n) is 6.65. The molecule has 1 unspecified atom stereocenters. The molecule has 0 aromatic carbocycles. The van der Waals surface area contributed by atoms with E-state index in [2.05, 4.69) is 5.32 Å². The second-order valence-corrected chi connectivity index (χ2v) is 6.21. The zero-order valence-corrected chi connectivity index (χ0v) is 10.5. The number of hydrogen-bond acceptors (Lipinski definition) is 3. The van der Waals surface area contributed by atoms with E-state index in [9.17, 15) is 9.59 Å². The predicted molar refractivity (Wildman–Crippen MR) is 63.3 cm³/mol. The van der Waals surface area contributed by atoms with Crippen molar-refractivity contribution in [2.75, 3.05) is 6.61 Å². The Hall–Kier alpha value is -1.10. The van der Waals surface area contributed by atoms with Gasteiger partial charge in [-0.05, 0) is 50.4 Å². The standard InChI is InChI=1S/C13H19NO4/c1-13(6-18-13)11(15)10(14-12(16)17)4-7-2-8-5-9(8)3-7/h7-10,14H,2-6H2,1H3,(H,16,17)/t7?,8-,9+,10-,13-/m1/s1. The zero-order valence-electron chi connectivity index (χ0n) is 10.5. The minimum atomic E-state index is -1.12. The van der Waals surface area contributed by atoms with Crippen LogP contribution in [0.5, 0.6) is 0 Å². The summed E-state index contributed by atoms with van der Waals surface area (Å²) in [6.45, 7) is 2.15. The molecule has 1 aliphatic heterocycles. The normalized spacial score (nSPS) is 41.9. The van der Waals surface area contributed by atoms with Crippen LogP contribution in [0, 0.1) is 17.8 Å².